The van der Waals surface area contributed by atoms with Gasteiger partial charge in [-0.15, -0.1) is 0 Å². The average Bonchev–Trinajstić information content (AvgIpc) is 0.774. The van der Waals surface area contributed by atoms with Crippen LogP contribution in [0.5, 0.6) is 0 Å². The van der Waals surface area contributed by atoms with Gasteiger partial charge in [0, 0.05) is 102 Å². The predicted octanol–water partition coefficient (Wildman–Crippen LogP) is 37.5. The molecule has 22 rings (SSSR count). The summed E-state index contributed by atoms with van der Waals surface area (Å²) in [6.07, 6.45) is 0. The van der Waals surface area contributed by atoms with Gasteiger partial charge < -0.3 is 29.4 Å². The number of hydrogen-bond acceptors (Lipinski definition) is 6. The average molecular weight is 1770 g/mol. The highest BCUT2D eigenvalue weighted by atomic mass is 15.2. The van der Waals surface area contributed by atoms with E-state index in [2.05, 4.69) is 612 Å². The van der Waals surface area contributed by atoms with Crippen molar-refractivity contribution in [2.75, 3.05) is 29.4 Å². The number of benzene rings is 22. The molecule has 0 unspecified atom stereocenters. The van der Waals surface area contributed by atoms with Gasteiger partial charge in [-0.25, -0.2) is 0 Å². The summed E-state index contributed by atoms with van der Waals surface area (Å²) in [5.41, 5.74) is 39.8. The minimum absolute atomic E-state index is 1.04. The fourth-order valence-electron chi connectivity index (χ4n) is 18.8. The van der Waals surface area contributed by atoms with Crippen molar-refractivity contribution in [1.29, 1.82) is 0 Å². The zero-order chi connectivity index (χ0) is 92.1. The van der Waals surface area contributed by atoms with E-state index in [0.29, 0.717) is 0 Å². The van der Waals surface area contributed by atoms with Gasteiger partial charge in [0.1, 0.15) is 0 Å². The Morgan fingerprint density at radius 3 is 0.254 bits per heavy atom. The molecule has 0 bridgehead atoms. The van der Waals surface area contributed by atoms with Crippen molar-refractivity contribution in [2.45, 2.75) is 0 Å². The van der Waals surface area contributed by atoms with Crippen LogP contribution in [0.25, 0.3) is 100 Å². The van der Waals surface area contributed by atoms with Crippen molar-refractivity contribution in [3.8, 4) is 100 Å². The first-order chi connectivity index (χ1) is 68.4. The van der Waals surface area contributed by atoms with Crippen LogP contribution < -0.4 is 29.4 Å². The second-order valence-electron chi connectivity index (χ2n) is 34.5. The van der Waals surface area contributed by atoms with E-state index in [-0.39, 0.29) is 0 Å². The number of rotatable bonds is 27. The summed E-state index contributed by atoms with van der Waals surface area (Å²) in [6.45, 7) is 0. The molecule has 6 nitrogen and oxygen atoms in total. The van der Waals surface area contributed by atoms with Crippen molar-refractivity contribution in [1.82, 2.24) is 0 Å². The van der Waals surface area contributed by atoms with Gasteiger partial charge in [0.25, 0.3) is 0 Å². The minimum Gasteiger partial charge on any atom is -0.311 e. The van der Waals surface area contributed by atoms with E-state index in [1.54, 1.807) is 0 Å². The largest absolute Gasteiger partial charge is 0.311 e. The quantitative estimate of drug-likeness (QED) is 0.0507. The Morgan fingerprint density at radius 2 is 0.145 bits per heavy atom. The SMILES string of the molecule is c1ccc(-c2ccc(N(c3ccccc3)c3ccc(-c4ccc(N(c5ccccc5)c5ccc(-c6cc(-c7ccc(N(c8ccccc8)c8ccc(-c9ccc(N(c%10ccccc%10)c%10ccc(-c%11ccccc%11)cc%10)cc9)cc8)cc7)cc(-c7ccc(N(c8ccccc8)c8ccc(-c9ccc(N(c%10ccccc%10)c%10ccc(-c%11ccccc%11)cc%10)cc9)cc8)cc7)c6)cc5)cc4)cc3)cc2)cc1. The fourth-order valence-corrected chi connectivity index (χ4v) is 18.8. The van der Waals surface area contributed by atoms with E-state index >= 15 is 0 Å². The maximum absolute atomic E-state index is 2.36. The first-order valence-corrected chi connectivity index (χ1v) is 47.1. The molecule has 6 heteroatoms. The van der Waals surface area contributed by atoms with Gasteiger partial charge >= 0.3 is 0 Å². The monoisotopic (exact) mass is 1760 g/mol. The maximum atomic E-state index is 2.36. The molecule has 0 saturated carbocycles. The topological polar surface area (TPSA) is 19.4 Å². The third-order valence-electron chi connectivity index (χ3n) is 25.8. The Kier molecular flexibility index (Phi) is 24.4. The third kappa shape index (κ3) is 18.6. The van der Waals surface area contributed by atoms with Crippen LogP contribution >= 0.6 is 0 Å². The van der Waals surface area contributed by atoms with Gasteiger partial charge in [0.05, 0.1) is 0 Å². The van der Waals surface area contributed by atoms with Crippen LogP contribution in [0, 0.1) is 0 Å². The Morgan fingerprint density at radius 1 is 0.0652 bits per heavy atom. The summed E-state index contributed by atoms with van der Waals surface area (Å²) in [5.74, 6) is 0. The highest BCUT2D eigenvalue weighted by Gasteiger charge is 2.23. The number of anilines is 18. The van der Waals surface area contributed by atoms with E-state index in [9.17, 15) is 0 Å². The fraction of sp³-hybridized carbons (Fsp3) is 0. The highest BCUT2D eigenvalue weighted by Crippen LogP contribution is 2.47. The van der Waals surface area contributed by atoms with Gasteiger partial charge in [-0.05, 0) is 337 Å². The molecule has 0 heterocycles. The number of hydrogen-bond donors (Lipinski definition) is 0. The van der Waals surface area contributed by atoms with E-state index < -0.39 is 0 Å². The molecule has 0 N–H and O–H groups in total. The molecule has 0 amide bonds. The van der Waals surface area contributed by atoms with E-state index in [4.69, 9.17) is 0 Å². The zero-order valence-corrected chi connectivity index (χ0v) is 76.1. The minimum atomic E-state index is 1.04. The van der Waals surface area contributed by atoms with E-state index in [0.717, 1.165) is 169 Å². The van der Waals surface area contributed by atoms with Crippen molar-refractivity contribution in [2.24, 2.45) is 0 Å². The second kappa shape index (κ2) is 39.6. The summed E-state index contributed by atoms with van der Waals surface area (Å²) in [6, 6.07) is 210. The summed E-state index contributed by atoms with van der Waals surface area (Å²) < 4.78 is 0. The third-order valence-corrected chi connectivity index (χ3v) is 25.8. The van der Waals surface area contributed by atoms with Crippen LogP contribution in [-0.4, -0.2) is 0 Å². The van der Waals surface area contributed by atoms with Gasteiger partial charge in [-0.2, -0.15) is 0 Å². The molecule has 22 aromatic rings. The van der Waals surface area contributed by atoms with E-state index in [1.165, 1.54) is 33.4 Å². The molecule has 0 radical (unpaired) electrons. The van der Waals surface area contributed by atoms with Crippen LogP contribution in [0.15, 0.2) is 582 Å². The molecule has 0 aromatic heterocycles. The maximum Gasteiger partial charge on any atom is 0.0462 e. The van der Waals surface area contributed by atoms with Crippen molar-refractivity contribution in [3.63, 3.8) is 0 Å². The molecule has 0 atom stereocenters. The highest BCUT2D eigenvalue weighted by molar-refractivity contribution is 5.91. The predicted molar refractivity (Wildman–Crippen MR) is 583 cm³/mol. The van der Waals surface area contributed by atoms with Crippen molar-refractivity contribution < 1.29 is 0 Å². The molecule has 654 valence electrons. The van der Waals surface area contributed by atoms with Gasteiger partial charge in [0.15, 0.2) is 0 Å². The molecular weight excluding hydrogens is 1670 g/mol. The molecular formula is C132H96N6. The Labute approximate surface area is 808 Å². The first kappa shape index (κ1) is 85.1. The zero-order valence-electron chi connectivity index (χ0n) is 76.1. The molecule has 0 aliphatic carbocycles. The lowest BCUT2D eigenvalue weighted by molar-refractivity contribution is 1.28. The first-order valence-electron chi connectivity index (χ1n) is 47.1. The van der Waals surface area contributed by atoms with Gasteiger partial charge in [0.2, 0.25) is 0 Å². The number of para-hydroxylation sites is 6. The van der Waals surface area contributed by atoms with Gasteiger partial charge in [-0.1, -0.05) is 346 Å². The Hall–Kier alpha value is -18.4. The lowest BCUT2D eigenvalue weighted by atomic mass is 9.93. The molecule has 0 saturated heterocycles. The molecule has 0 aliphatic heterocycles. The lowest BCUT2D eigenvalue weighted by Crippen LogP contribution is -2.10. The normalized spacial score (nSPS) is 11.0. The van der Waals surface area contributed by atoms with Crippen molar-refractivity contribution in [3.05, 3.63) is 582 Å². The molecule has 0 fully saturated rings. The number of nitrogens with zero attached hydrogens (tertiary/aromatic N) is 6. The molecule has 0 aliphatic rings. The summed E-state index contributed by atoms with van der Waals surface area (Å²) in [7, 11) is 0. The Balaban J connectivity index is 0.570. The summed E-state index contributed by atoms with van der Waals surface area (Å²) >= 11 is 0. The summed E-state index contributed by atoms with van der Waals surface area (Å²) in [4.78, 5) is 14.0. The molecule has 22 aromatic carbocycles. The second-order valence-corrected chi connectivity index (χ2v) is 34.5. The van der Waals surface area contributed by atoms with Crippen LogP contribution in [0.2, 0.25) is 0 Å². The smallest absolute Gasteiger partial charge is 0.0462 e. The lowest BCUT2D eigenvalue weighted by Gasteiger charge is -2.26. The van der Waals surface area contributed by atoms with E-state index in [1.807, 2.05) is 0 Å². The van der Waals surface area contributed by atoms with Crippen LogP contribution in [0.4, 0.5) is 102 Å². The van der Waals surface area contributed by atoms with Crippen LogP contribution in [0.3, 0.4) is 0 Å². The standard InChI is InChI=1S/C132H96N6/c1-10-28-97(29-11-1)100-46-70-121(71-47-100)133(115-34-16-4-17-35-115)124-76-52-103(53-77-124)106-58-82-127(83-59-106)136(118-40-22-7-23-41-118)130-88-64-109(65-89-130)112-94-113(110-66-90-131(91-67-110)137(119-42-24-8-25-43-119)128-84-60-107(61-85-128)104-54-78-125(79-55-104)134(116-36-18-5-19-37-116)122-72-48-101(49-73-122)98-30-12-2-13-31-98)96-114(95-112)111-68-92-132(93-69-111)138(120-44-26-9-27-45-120)129-86-62-108(63-87-129)105-56-80-126(81-57-105)135(117-38-20-6-21-39-117)123-74-50-102(51-75-123)99-32-14-3-15-33-99/h1-96H. The van der Waals surface area contributed by atoms with Gasteiger partial charge in [-0.3, -0.25) is 0 Å². The van der Waals surface area contributed by atoms with Crippen LogP contribution in [0.1, 0.15) is 0 Å². The summed E-state index contributed by atoms with van der Waals surface area (Å²) in [5, 5.41) is 0. The molecule has 138 heavy (non-hydrogen) atoms. The Bertz CT molecular complexity index is 7000. The molecule has 0 spiro atoms. The van der Waals surface area contributed by atoms with Crippen molar-refractivity contribution >= 4 is 102 Å². The van der Waals surface area contributed by atoms with Crippen LogP contribution in [-0.2, 0) is 0 Å².